The Kier molecular flexibility index (Phi) is 12.2. The first-order valence-corrected chi connectivity index (χ1v) is 33.5. The van der Waals surface area contributed by atoms with Crippen LogP contribution in [0.1, 0.15) is 212 Å². The third-order valence-electron chi connectivity index (χ3n) is 23.2. The minimum Gasteiger partial charge on any atom is -0.376 e. The molecule has 0 aromatic heterocycles. The zero-order chi connectivity index (χ0) is 62.8. The third-order valence-corrected chi connectivity index (χ3v) is 23.2. The van der Waals surface area contributed by atoms with Gasteiger partial charge in [0.15, 0.2) is 0 Å². The summed E-state index contributed by atoms with van der Waals surface area (Å²) in [5, 5.41) is 0. The van der Waals surface area contributed by atoms with E-state index in [-0.39, 0.29) is 50.2 Å². The van der Waals surface area contributed by atoms with Crippen molar-refractivity contribution in [2.24, 2.45) is 0 Å². The van der Waals surface area contributed by atoms with Gasteiger partial charge >= 0.3 is 6.85 Å². The molecule has 0 fully saturated rings. The molecule has 3 nitrogen and oxygen atoms in total. The first-order chi connectivity index (χ1) is 41.8. The van der Waals surface area contributed by atoms with Gasteiger partial charge in [-0.25, -0.2) is 0 Å². The van der Waals surface area contributed by atoms with Crippen LogP contribution in [0.15, 0.2) is 164 Å². The molecule has 0 bridgehead atoms. The molecule has 15 rings (SSSR count). The monoisotopic (exact) mass is 1170 g/mol. The van der Waals surface area contributed by atoms with Gasteiger partial charge in [-0.2, -0.15) is 0 Å². The van der Waals surface area contributed by atoms with Gasteiger partial charge in [0.2, 0.25) is 0 Å². The summed E-state index contributed by atoms with van der Waals surface area (Å²) >= 11 is 0. The highest BCUT2D eigenvalue weighted by Gasteiger charge is 2.53. The number of benzene rings is 9. The Balaban J connectivity index is 1.12. The van der Waals surface area contributed by atoms with Gasteiger partial charge in [-0.15, -0.1) is 0 Å². The van der Waals surface area contributed by atoms with Gasteiger partial charge in [0.1, 0.15) is 0 Å². The average Bonchev–Trinajstić information content (AvgIpc) is 1.54. The van der Waals surface area contributed by atoms with Crippen LogP contribution >= 0.6 is 0 Å². The van der Waals surface area contributed by atoms with E-state index in [4.69, 9.17) is 0 Å². The van der Waals surface area contributed by atoms with E-state index in [1.54, 1.807) is 0 Å². The van der Waals surface area contributed by atoms with E-state index in [0.717, 1.165) is 29.9 Å². The van der Waals surface area contributed by atoms with E-state index >= 15 is 0 Å². The minimum absolute atomic E-state index is 0.00447. The van der Waals surface area contributed by atoms with Crippen LogP contribution in [0.4, 0.5) is 45.5 Å². The van der Waals surface area contributed by atoms with Crippen LogP contribution in [-0.4, -0.2) is 6.85 Å². The fraction of sp³-hybridized carbons (Fsp3) is 0.365. The standard InChI is InChI=1S/C85H92BN3/c1-51-46-65-67(83(14,15)45-44-81(65,10)11)50-71(51)88-69-40-37-56(87(54-32-28-52(29-33-54)78(2,3)4)55-34-30-53(31-35-55)79(5,6)7)48-68(69)86-77-72(88)49-60-58-24-20-22-26-61(58)85(18,19)76(60)75(77)74-70(41-39-64-73(74)59-25-21-23-27-62(59)84(64,16)17)89(86)57-36-38-63-66(47-57)82(12,13)43-42-80(63,8)9/h20-41,46-50H,42-45H2,1-19H3. The Labute approximate surface area is 533 Å². The SMILES string of the molecule is Cc1cc2c(cc1N1c3ccc(N(c4ccc(C(C)(C)C)cc4)c4ccc(C(C)(C)C)cc4)cc3B3c4c1cc1c(c4-c4c(ccc5c4-c4ccccc4C5(C)C)N3c3ccc4c(c3)C(C)(C)CCC4(C)C)C(C)(C)c3ccccc3-1)C(C)(C)CCC2(C)C. The Bertz CT molecular complexity index is 4410. The molecule has 89 heavy (non-hydrogen) atoms. The summed E-state index contributed by atoms with van der Waals surface area (Å²) in [7, 11) is 0. The summed E-state index contributed by atoms with van der Waals surface area (Å²) in [6.45, 7) is 45.9. The van der Waals surface area contributed by atoms with Crippen LogP contribution in [0.3, 0.4) is 0 Å². The fourth-order valence-electron chi connectivity index (χ4n) is 17.6. The smallest absolute Gasteiger partial charge is 0.333 e. The zero-order valence-electron chi connectivity index (χ0n) is 56.8. The zero-order valence-corrected chi connectivity index (χ0v) is 56.8. The maximum absolute atomic E-state index is 2.85. The molecular weight excluding hydrogens is 1070 g/mol. The molecule has 0 atom stereocenters. The first-order valence-electron chi connectivity index (χ1n) is 33.5. The lowest BCUT2D eigenvalue weighted by atomic mass is 9.42. The van der Waals surface area contributed by atoms with Crippen molar-refractivity contribution in [2.45, 2.75) is 201 Å². The highest BCUT2D eigenvalue weighted by atomic mass is 15.2. The van der Waals surface area contributed by atoms with Gasteiger partial charge < -0.3 is 14.6 Å². The Morgan fingerprint density at radius 2 is 0.876 bits per heavy atom. The van der Waals surface area contributed by atoms with Crippen molar-refractivity contribution in [3.8, 4) is 33.4 Å². The number of rotatable bonds is 5. The number of hydrogen-bond donors (Lipinski definition) is 0. The Hall–Kier alpha value is -7.56. The number of nitrogens with zero attached hydrogens (tertiary/aromatic N) is 3. The fourth-order valence-corrected chi connectivity index (χ4v) is 17.6. The summed E-state index contributed by atoms with van der Waals surface area (Å²) in [6, 6.07) is 65.9. The lowest BCUT2D eigenvalue weighted by molar-refractivity contribution is 0.332. The van der Waals surface area contributed by atoms with Gasteiger partial charge in [0.25, 0.3) is 0 Å². The molecule has 0 saturated carbocycles. The van der Waals surface area contributed by atoms with E-state index in [0.29, 0.717) is 0 Å². The molecule has 0 saturated heterocycles. The summed E-state index contributed by atoms with van der Waals surface area (Å²) in [5.41, 5.74) is 35.7. The topological polar surface area (TPSA) is 9.72 Å². The average molecular weight is 1170 g/mol. The third kappa shape index (κ3) is 8.35. The van der Waals surface area contributed by atoms with Crippen LogP contribution in [0.25, 0.3) is 33.4 Å². The summed E-state index contributed by atoms with van der Waals surface area (Å²) in [6.07, 6.45) is 4.62. The molecule has 2 aliphatic heterocycles. The van der Waals surface area contributed by atoms with Gasteiger partial charge in [-0.05, 0) is 238 Å². The second-order valence-electron chi connectivity index (χ2n) is 33.6. The maximum Gasteiger partial charge on any atom is 0.333 e. The summed E-state index contributed by atoms with van der Waals surface area (Å²) < 4.78 is 0. The van der Waals surface area contributed by atoms with E-state index in [1.807, 2.05) is 0 Å². The normalized spacial score (nSPS) is 18.6. The number of hydrogen-bond acceptors (Lipinski definition) is 3. The Morgan fingerprint density at radius 1 is 0.382 bits per heavy atom. The molecule has 0 spiro atoms. The van der Waals surface area contributed by atoms with Gasteiger partial charge in [0, 0.05) is 61.9 Å². The highest BCUT2D eigenvalue weighted by Crippen LogP contribution is 2.63. The first kappa shape index (κ1) is 57.9. The highest BCUT2D eigenvalue weighted by molar-refractivity contribution is 6.94. The maximum atomic E-state index is 2.85. The molecular formula is C85H92BN3. The molecule has 0 unspecified atom stereocenters. The van der Waals surface area contributed by atoms with Crippen molar-refractivity contribution in [2.75, 3.05) is 14.6 Å². The van der Waals surface area contributed by atoms with Crippen LogP contribution in [0.5, 0.6) is 0 Å². The molecule has 9 aromatic carbocycles. The Morgan fingerprint density at radius 3 is 1.46 bits per heavy atom. The van der Waals surface area contributed by atoms with Crippen molar-refractivity contribution in [3.05, 3.63) is 225 Å². The van der Waals surface area contributed by atoms with Crippen molar-refractivity contribution in [3.63, 3.8) is 0 Å². The second kappa shape index (κ2) is 18.8. The van der Waals surface area contributed by atoms with Gasteiger partial charge in [-0.1, -0.05) is 216 Å². The van der Waals surface area contributed by atoms with Crippen LogP contribution in [-0.2, 0) is 43.3 Å². The lowest BCUT2D eigenvalue weighted by Gasteiger charge is -2.49. The van der Waals surface area contributed by atoms with Crippen molar-refractivity contribution >= 4 is 63.3 Å². The van der Waals surface area contributed by atoms with Gasteiger partial charge in [0.05, 0.1) is 0 Å². The van der Waals surface area contributed by atoms with E-state index < -0.39 is 0 Å². The molecule has 2 heterocycles. The molecule has 0 radical (unpaired) electrons. The number of fused-ring (bicyclic) bond motifs is 14. The largest absolute Gasteiger partial charge is 0.376 e. The van der Waals surface area contributed by atoms with Crippen molar-refractivity contribution in [1.29, 1.82) is 0 Å². The van der Waals surface area contributed by atoms with Crippen LogP contribution in [0, 0.1) is 6.92 Å². The number of aryl methyl sites for hydroxylation is 1. The summed E-state index contributed by atoms with van der Waals surface area (Å²) in [5.74, 6) is 0. The van der Waals surface area contributed by atoms with Crippen molar-refractivity contribution in [1.82, 2.24) is 0 Å². The number of anilines is 8. The van der Waals surface area contributed by atoms with Gasteiger partial charge in [-0.3, -0.25) is 0 Å². The van der Waals surface area contributed by atoms with Crippen LogP contribution in [0.2, 0.25) is 0 Å². The van der Waals surface area contributed by atoms with E-state index in [1.165, 1.54) is 147 Å². The van der Waals surface area contributed by atoms with Crippen LogP contribution < -0.4 is 25.5 Å². The molecule has 6 aliphatic rings. The quantitative estimate of drug-likeness (QED) is 0.159. The molecule has 4 heteroatoms. The second-order valence-corrected chi connectivity index (χ2v) is 33.6. The molecule has 4 aliphatic carbocycles. The molecule has 0 N–H and O–H groups in total. The van der Waals surface area contributed by atoms with E-state index in [2.05, 4.69) is 310 Å². The molecule has 0 amide bonds. The van der Waals surface area contributed by atoms with Crippen molar-refractivity contribution < 1.29 is 0 Å². The predicted molar refractivity (Wildman–Crippen MR) is 383 cm³/mol. The summed E-state index contributed by atoms with van der Waals surface area (Å²) in [4.78, 5) is 8.15. The molecule has 450 valence electrons. The minimum atomic E-state index is -0.322. The predicted octanol–water partition coefficient (Wildman–Crippen LogP) is 22.1. The lowest BCUT2D eigenvalue weighted by Crippen LogP contribution is -2.62. The molecule has 9 aromatic rings. The van der Waals surface area contributed by atoms with E-state index in [9.17, 15) is 0 Å².